The molecule has 1 aliphatic heterocycles. The summed E-state index contributed by atoms with van der Waals surface area (Å²) in [6, 6.07) is 10.6. The summed E-state index contributed by atoms with van der Waals surface area (Å²) in [5.74, 6) is -0.323. The van der Waals surface area contributed by atoms with Gasteiger partial charge in [0.1, 0.15) is 11.9 Å². The van der Waals surface area contributed by atoms with Crippen LogP contribution in [0.25, 0.3) is 11.3 Å². The zero-order valence-corrected chi connectivity index (χ0v) is 15.2. The van der Waals surface area contributed by atoms with Crippen LogP contribution >= 0.6 is 0 Å². The first-order valence-corrected chi connectivity index (χ1v) is 9.47. The van der Waals surface area contributed by atoms with Gasteiger partial charge in [-0.2, -0.15) is 5.26 Å². The highest BCUT2D eigenvalue weighted by Gasteiger charge is 2.43. The second kappa shape index (κ2) is 7.56. The van der Waals surface area contributed by atoms with Crippen LogP contribution in [0.1, 0.15) is 24.8 Å². The molecule has 1 saturated carbocycles. The number of aromatic nitrogens is 1. The second-order valence-electron chi connectivity index (χ2n) is 7.54. The van der Waals surface area contributed by atoms with E-state index in [1.54, 1.807) is 24.3 Å². The number of amides is 1. The summed E-state index contributed by atoms with van der Waals surface area (Å²) < 4.78 is 14.3. The van der Waals surface area contributed by atoms with Crippen LogP contribution in [0.15, 0.2) is 41.2 Å². The van der Waals surface area contributed by atoms with Crippen molar-refractivity contribution >= 4 is 5.91 Å². The van der Waals surface area contributed by atoms with Crippen molar-refractivity contribution in [3.05, 3.63) is 58.1 Å². The van der Waals surface area contributed by atoms with Crippen molar-refractivity contribution in [2.75, 3.05) is 0 Å². The van der Waals surface area contributed by atoms with Crippen molar-refractivity contribution in [3.63, 3.8) is 0 Å². The number of piperidine rings is 1. The molecule has 2 aromatic rings. The molecule has 1 aliphatic carbocycles. The highest BCUT2D eigenvalue weighted by molar-refractivity contribution is 5.83. The first kappa shape index (κ1) is 18.4. The summed E-state index contributed by atoms with van der Waals surface area (Å²) in [4.78, 5) is 26.8. The minimum Gasteiger partial charge on any atom is -0.339 e. The van der Waals surface area contributed by atoms with Crippen LogP contribution in [0, 0.1) is 23.1 Å². The molecule has 1 amide bonds. The number of aromatic amines is 1. The maximum atomic E-state index is 14.3. The number of nitriles is 1. The standard InChI is InChI=1S/C21H21FN4O2/c22-17-7-5-12(18-2-1-3-19(27)26-18)8-14(17)10-16(11-23)25-21(28)20-13-4-6-15(9-13)24-20/h1-3,5,7-8,13,15-16,20,24H,4,6,9-10H2,(H,25,28)(H,26,27)/t13?,15?,16-,20?/m0/s1. The number of pyridine rings is 1. The van der Waals surface area contributed by atoms with E-state index < -0.39 is 11.9 Å². The van der Waals surface area contributed by atoms with Crippen molar-refractivity contribution in [1.82, 2.24) is 15.6 Å². The molecule has 3 unspecified atom stereocenters. The van der Waals surface area contributed by atoms with E-state index in [9.17, 15) is 19.2 Å². The number of nitrogens with zero attached hydrogens (tertiary/aromatic N) is 1. The summed E-state index contributed by atoms with van der Waals surface area (Å²) >= 11 is 0. The van der Waals surface area contributed by atoms with Crippen LogP contribution in [-0.2, 0) is 11.2 Å². The van der Waals surface area contributed by atoms with Crippen molar-refractivity contribution in [3.8, 4) is 17.3 Å². The molecule has 4 rings (SSSR count). The van der Waals surface area contributed by atoms with Gasteiger partial charge in [0, 0.05) is 24.2 Å². The van der Waals surface area contributed by atoms with Gasteiger partial charge in [-0.3, -0.25) is 9.59 Å². The molecule has 1 aromatic heterocycles. The topological polar surface area (TPSA) is 97.8 Å². The zero-order valence-electron chi connectivity index (χ0n) is 15.2. The number of halogens is 1. The zero-order chi connectivity index (χ0) is 19.7. The Labute approximate surface area is 161 Å². The molecule has 2 fully saturated rings. The molecule has 6 nitrogen and oxygen atoms in total. The van der Waals surface area contributed by atoms with Gasteiger partial charge >= 0.3 is 0 Å². The molecule has 2 heterocycles. The van der Waals surface area contributed by atoms with Crippen molar-refractivity contribution in [1.29, 1.82) is 5.26 Å². The second-order valence-corrected chi connectivity index (χ2v) is 7.54. The molecule has 0 spiro atoms. The smallest absolute Gasteiger partial charge is 0.248 e. The number of carbonyl (C=O) groups excluding carboxylic acids is 1. The number of carbonyl (C=O) groups is 1. The third-order valence-electron chi connectivity index (χ3n) is 5.66. The highest BCUT2D eigenvalue weighted by Crippen LogP contribution is 2.35. The Bertz CT molecular complexity index is 996. The van der Waals surface area contributed by atoms with Gasteiger partial charge in [0.25, 0.3) is 0 Å². The summed E-state index contributed by atoms with van der Waals surface area (Å²) in [6.45, 7) is 0. The predicted octanol–water partition coefficient (Wildman–Crippen LogP) is 1.87. The van der Waals surface area contributed by atoms with E-state index in [1.165, 1.54) is 12.1 Å². The van der Waals surface area contributed by atoms with E-state index in [1.807, 2.05) is 0 Å². The van der Waals surface area contributed by atoms with Crippen LogP contribution in [0.3, 0.4) is 0 Å². The van der Waals surface area contributed by atoms with Crippen LogP contribution in [0.4, 0.5) is 4.39 Å². The molecule has 0 radical (unpaired) electrons. The minimum absolute atomic E-state index is 0.0554. The SMILES string of the molecule is N#C[C@H](Cc1cc(-c2cccc(=O)[nH]2)ccc1F)NC(=O)C1NC2CCC1C2. The molecule has 2 aliphatic rings. The Balaban J connectivity index is 1.49. The fourth-order valence-corrected chi connectivity index (χ4v) is 4.28. The van der Waals surface area contributed by atoms with Gasteiger partial charge in [-0.05, 0) is 60.6 Å². The molecule has 144 valence electrons. The summed E-state index contributed by atoms with van der Waals surface area (Å²) in [7, 11) is 0. The summed E-state index contributed by atoms with van der Waals surface area (Å²) in [5.41, 5.74) is 1.28. The number of nitrogens with one attached hydrogen (secondary N) is 3. The largest absolute Gasteiger partial charge is 0.339 e. The number of hydrogen-bond donors (Lipinski definition) is 3. The molecular weight excluding hydrogens is 359 g/mol. The van der Waals surface area contributed by atoms with Crippen LogP contribution in [0.5, 0.6) is 0 Å². The monoisotopic (exact) mass is 380 g/mol. The Hall–Kier alpha value is -2.98. The van der Waals surface area contributed by atoms with Gasteiger partial charge < -0.3 is 15.6 Å². The lowest BCUT2D eigenvalue weighted by Gasteiger charge is -2.23. The first-order valence-electron chi connectivity index (χ1n) is 9.47. The molecule has 1 saturated heterocycles. The minimum atomic E-state index is -0.826. The molecule has 4 atom stereocenters. The molecule has 2 bridgehead atoms. The lowest BCUT2D eigenvalue weighted by molar-refractivity contribution is -0.124. The average Bonchev–Trinajstić information content (AvgIpc) is 3.32. The fraction of sp³-hybridized carbons (Fsp3) is 0.381. The Kier molecular flexibility index (Phi) is 4.97. The van der Waals surface area contributed by atoms with Gasteiger partial charge in [0.05, 0.1) is 12.1 Å². The molecule has 1 aromatic carbocycles. The lowest BCUT2D eigenvalue weighted by atomic mass is 9.98. The maximum Gasteiger partial charge on any atom is 0.248 e. The third-order valence-corrected chi connectivity index (χ3v) is 5.66. The van der Waals surface area contributed by atoms with Crippen molar-refractivity contribution < 1.29 is 9.18 Å². The Morgan fingerprint density at radius 2 is 2.18 bits per heavy atom. The number of rotatable bonds is 5. The van der Waals surface area contributed by atoms with E-state index >= 15 is 0 Å². The molecule has 3 N–H and O–H groups in total. The summed E-state index contributed by atoms with van der Waals surface area (Å²) in [5, 5.41) is 15.5. The molecule has 28 heavy (non-hydrogen) atoms. The van der Waals surface area contributed by atoms with Gasteiger partial charge in [0.15, 0.2) is 0 Å². The van der Waals surface area contributed by atoms with E-state index in [0.717, 1.165) is 19.3 Å². The predicted molar refractivity (Wildman–Crippen MR) is 102 cm³/mol. The average molecular weight is 380 g/mol. The number of H-pyrrole nitrogens is 1. The number of fused-ring (bicyclic) bond motifs is 2. The summed E-state index contributed by atoms with van der Waals surface area (Å²) in [6.07, 6.45) is 3.18. The third kappa shape index (κ3) is 3.69. The number of benzene rings is 1. The van der Waals surface area contributed by atoms with Gasteiger partial charge in [-0.25, -0.2) is 4.39 Å². The fourth-order valence-electron chi connectivity index (χ4n) is 4.28. The maximum absolute atomic E-state index is 14.3. The van der Waals surface area contributed by atoms with Gasteiger partial charge in [0.2, 0.25) is 11.5 Å². The normalized spacial score (nSPS) is 23.9. The van der Waals surface area contributed by atoms with Crippen molar-refractivity contribution in [2.45, 2.75) is 43.8 Å². The van der Waals surface area contributed by atoms with E-state index in [4.69, 9.17) is 0 Å². The quantitative estimate of drug-likeness (QED) is 0.738. The Morgan fingerprint density at radius 1 is 1.32 bits per heavy atom. The van der Waals surface area contributed by atoms with E-state index in [0.29, 0.717) is 28.8 Å². The van der Waals surface area contributed by atoms with Crippen LogP contribution < -0.4 is 16.2 Å². The lowest BCUT2D eigenvalue weighted by Crippen LogP contribution is -2.50. The highest BCUT2D eigenvalue weighted by atomic mass is 19.1. The van der Waals surface area contributed by atoms with E-state index in [-0.39, 0.29) is 23.9 Å². The van der Waals surface area contributed by atoms with Gasteiger partial charge in [-0.15, -0.1) is 0 Å². The first-order chi connectivity index (χ1) is 13.5. The van der Waals surface area contributed by atoms with Crippen LogP contribution in [-0.4, -0.2) is 29.0 Å². The molecule has 7 heteroatoms. The van der Waals surface area contributed by atoms with Crippen molar-refractivity contribution in [2.24, 2.45) is 5.92 Å². The van der Waals surface area contributed by atoms with Gasteiger partial charge in [-0.1, -0.05) is 6.07 Å². The number of hydrogen-bond acceptors (Lipinski definition) is 4. The molecular formula is C21H21FN4O2. The van der Waals surface area contributed by atoms with Crippen LogP contribution in [0.2, 0.25) is 0 Å². The van der Waals surface area contributed by atoms with E-state index in [2.05, 4.69) is 21.7 Å². The Morgan fingerprint density at radius 3 is 2.86 bits per heavy atom.